The summed E-state index contributed by atoms with van der Waals surface area (Å²) < 4.78 is 4.55. The van der Waals surface area contributed by atoms with Crippen molar-refractivity contribution in [2.75, 3.05) is 6.61 Å². The summed E-state index contributed by atoms with van der Waals surface area (Å²) in [7, 11) is 0.648. The van der Waals surface area contributed by atoms with E-state index in [0.29, 0.717) is 17.1 Å². The molecule has 0 rings (SSSR count). The van der Waals surface area contributed by atoms with E-state index in [9.17, 15) is 0 Å². The van der Waals surface area contributed by atoms with Crippen molar-refractivity contribution in [2.24, 2.45) is 0 Å². The summed E-state index contributed by atoms with van der Waals surface area (Å²) >= 11 is 0. The highest BCUT2D eigenvalue weighted by atomic mass is 28.2. The predicted molar refractivity (Wildman–Crippen MR) is 89.7 cm³/mol. The fourth-order valence-corrected chi connectivity index (χ4v) is 1.25. The molecule has 0 aliphatic rings. The van der Waals surface area contributed by atoms with Crippen LogP contribution >= 0.6 is 0 Å². The highest BCUT2D eigenvalue weighted by molar-refractivity contribution is 5.97. The van der Waals surface area contributed by atoms with E-state index in [2.05, 4.69) is 4.58 Å². The Morgan fingerprint density at radius 3 is 1.50 bits per heavy atom. The van der Waals surface area contributed by atoms with Gasteiger partial charge < -0.3 is 4.89 Å². The summed E-state index contributed by atoms with van der Waals surface area (Å²) in [6, 6.07) is 0. The average Bonchev–Trinajstić information content (AvgIpc) is 2.23. The van der Waals surface area contributed by atoms with Gasteiger partial charge in [0.2, 0.25) is 0 Å². The molecule has 0 aromatic heterocycles. The zero-order valence-corrected chi connectivity index (χ0v) is 17.8. The van der Waals surface area contributed by atoms with Gasteiger partial charge in [-0.05, 0) is 68.4 Å². The number of rotatable bonds is 6. The minimum Gasteiger partial charge on any atom is -0.345 e. The lowest BCUT2D eigenvalue weighted by atomic mass is 10.2. The quantitative estimate of drug-likeness (QED) is 0.244. The van der Waals surface area contributed by atoms with Crippen LogP contribution in [-0.2, 0) is 29.0 Å². The van der Waals surface area contributed by atoms with Gasteiger partial charge in [-0.25, -0.2) is 14.7 Å². The fourth-order valence-electron chi connectivity index (χ4n) is 0.751. The summed E-state index contributed by atoms with van der Waals surface area (Å²) in [5.74, 6) is 0. The predicted octanol–water partition coefficient (Wildman–Crippen LogP) is 3.01. The molecule has 0 radical (unpaired) electrons. The highest BCUT2D eigenvalue weighted by Gasteiger charge is 2.11. The zero-order chi connectivity index (χ0) is 17.9. The van der Waals surface area contributed by atoms with E-state index >= 15 is 0 Å². The molecule has 134 valence electrons. The SMILES string of the molecule is CC(C)(C)OOC=CCOOC(C)(C)C.CC(C)(C)OO[SiH3]. The second-order valence-corrected chi connectivity index (χ2v) is 7.84. The smallest absolute Gasteiger partial charge is 0.193 e. The Bertz CT molecular complexity index is 286. The first-order chi connectivity index (χ1) is 9.77. The van der Waals surface area contributed by atoms with Crippen LogP contribution in [0.25, 0.3) is 0 Å². The fraction of sp³-hybridized carbons (Fsp3) is 0.867. The molecule has 0 N–H and O–H groups in total. The third-order valence-electron chi connectivity index (χ3n) is 1.26. The van der Waals surface area contributed by atoms with E-state index in [1.54, 1.807) is 6.08 Å². The molecular weight excluding hydrogens is 304 g/mol. The van der Waals surface area contributed by atoms with Crippen molar-refractivity contribution in [1.82, 2.24) is 0 Å². The van der Waals surface area contributed by atoms with E-state index in [1.807, 2.05) is 62.3 Å². The first-order valence-electron chi connectivity index (χ1n) is 7.29. The van der Waals surface area contributed by atoms with Crippen molar-refractivity contribution in [3.63, 3.8) is 0 Å². The molecule has 0 aliphatic carbocycles. The van der Waals surface area contributed by atoms with E-state index < -0.39 is 0 Å². The minimum absolute atomic E-state index is 0.137. The van der Waals surface area contributed by atoms with Crippen LogP contribution < -0.4 is 0 Å². The maximum Gasteiger partial charge on any atom is 0.193 e. The van der Waals surface area contributed by atoms with Crippen LogP contribution in [0.15, 0.2) is 12.3 Å². The summed E-state index contributed by atoms with van der Waals surface area (Å²) in [6.07, 6.45) is 3.09. The van der Waals surface area contributed by atoms with Gasteiger partial charge in [-0.1, -0.05) is 0 Å². The Kier molecular flexibility index (Phi) is 12.1. The second-order valence-electron chi connectivity index (χ2n) is 7.51. The standard InChI is InChI=1S/C11H22O4.C4H12O2Si/c1-10(2,3)14-12-8-7-9-13-15-11(4,5)6;1-4(2,3)5-6-7/h7-8H,9H2,1-6H3;1-3,7H3. The summed E-state index contributed by atoms with van der Waals surface area (Å²) in [5.41, 5.74) is -0.745. The highest BCUT2D eigenvalue weighted by Crippen LogP contribution is 2.08. The molecule has 0 unspecified atom stereocenters. The first-order valence-corrected chi connectivity index (χ1v) is 8.10. The van der Waals surface area contributed by atoms with E-state index in [1.165, 1.54) is 6.26 Å². The van der Waals surface area contributed by atoms with Crippen LogP contribution in [-0.4, -0.2) is 33.9 Å². The average molecular weight is 339 g/mol. The molecule has 0 fully saturated rings. The molecule has 0 amide bonds. The van der Waals surface area contributed by atoms with Crippen LogP contribution in [0.2, 0.25) is 0 Å². The van der Waals surface area contributed by atoms with Crippen LogP contribution in [0.5, 0.6) is 0 Å². The molecule has 0 aromatic rings. The molecule has 0 aliphatic heterocycles. The van der Waals surface area contributed by atoms with Gasteiger partial charge >= 0.3 is 0 Å². The second kappa shape index (κ2) is 11.1. The normalized spacial score (nSPS) is 13.1. The minimum atomic E-state index is -0.312. The molecule has 0 bridgehead atoms. The molecule has 0 saturated heterocycles. The van der Waals surface area contributed by atoms with Gasteiger partial charge in [0.1, 0.15) is 18.5 Å². The maximum atomic E-state index is 5.03. The Balaban J connectivity index is 0. The van der Waals surface area contributed by atoms with Crippen molar-refractivity contribution < 1.29 is 29.0 Å². The van der Waals surface area contributed by atoms with Crippen molar-refractivity contribution in [3.8, 4) is 0 Å². The van der Waals surface area contributed by atoms with Crippen molar-refractivity contribution in [1.29, 1.82) is 0 Å². The first kappa shape index (κ1) is 23.8. The van der Waals surface area contributed by atoms with Gasteiger partial charge in [-0.3, -0.25) is 4.58 Å². The molecular formula is C15H34O6Si. The Morgan fingerprint density at radius 2 is 1.18 bits per heavy atom. The van der Waals surface area contributed by atoms with Gasteiger partial charge in [0.05, 0.1) is 11.2 Å². The topological polar surface area (TPSA) is 55.4 Å². The lowest BCUT2D eigenvalue weighted by molar-refractivity contribution is -0.343. The van der Waals surface area contributed by atoms with Gasteiger partial charge in [-0.2, -0.15) is 4.89 Å². The Labute approximate surface area is 138 Å². The molecule has 0 saturated carbocycles. The van der Waals surface area contributed by atoms with E-state index in [-0.39, 0.29) is 16.8 Å². The maximum absolute atomic E-state index is 5.03. The molecule has 7 heteroatoms. The van der Waals surface area contributed by atoms with Gasteiger partial charge in [-0.15, -0.1) is 0 Å². The molecule has 22 heavy (non-hydrogen) atoms. The lowest BCUT2D eigenvalue weighted by Crippen LogP contribution is -2.19. The third kappa shape index (κ3) is 27.8. The van der Waals surface area contributed by atoms with E-state index in [4.69, 9.17) is 24.4 Å². The van der Waals surface area contributed by atoms with E-state index in [0.717, 1.165) is 0 Å². The van der Waals surface area contributed by atoms with Gasteiger partial charge in [0.15, 0.2) is 10.5 Å². The monoisotopic (exact) mass is 338 g/mol. The lowest BCUT2D eigenvalue weighted by Gasteiger charge is -2.17. The molecule has 0 atom stereocenters. The largest absolute Gasteiger partial charge is 0.345 e. The van der Waals surface area contributed by atoms with Crippen molar-refractivity contribution in [3.05, 3.63) is 12.3 Å². The molecule has 0 spiro atoms. The Morgan fingerprint density at radius 1 is 0.727 bits per heavy atom. The molecule has 6 nitrogen and oxygen atoms in total. The van der Waals surface area contributed by atoms with Gasteiger partial charge in [0.25, 0.3) is 0 Å². The molecule has 0 heterocycles. The summed E-state index contributed by atoms with van der Waals surface area (Å²) in [4.78, 5) is 24.5. The van der Waals surface area contributed by atoms with Crippen molar-refractivity contribution >= 4 is 10.5 Å². The summed E-state index contributed by atoms with van der Waals surface area (Å²) in [5, 5.41) is 0. The Hall–Kier alpha value is -0.443. The number of hydrogen-bond acceptors (Lipinski definition) is 6. The van der Waals surface area contributed by atoms with Crippen molar-refractivity contribution in [2.45, 2.75) is 79.1 Å². The van der Waals surface area contributed by atoms with Crippen LogP contribution in [0.4, 0.5) is 0 Å². The van der Waals surface area contributed by atoms with Gasteiger partial charge in [0, 0.05) is 0 Å². The number of hydrogen-bond donors (Lipinski definition) is 0. The zero-order valence-electron chi connectivity index (χ0n) is 15.8. The third-order valence-corrected chi connectivity index (χ3v) is 1.42. The molecule has 0 aromatic carbocycles. The van der Waals surface area contributed by atoms with Crippen LogP contribution in [0.1, 0.15) is 62.3 Å². The van der Waals surface area contributed by atoms with Crippen LogP contribution in [0, 0.1) is 0 Å². The van der Waals surface area contributed by atoms with Crippen LogP contribution in [0.3, 0.4) is 0 Å². The summed E-state index contributed by atoms with van der Waals surface area (Å²) in [6.45, 7) is 17.6.